The van der Waals surface area contributed by atoms with Crippen LogP contribution in [-0.2, 0) is 0 Å². The lowest BCUT2D eigenvalue weighted by molar-refractivity contribution is 1.66. The third kappa shape index (κ3) is 4.24. The highest BCUT2D eigenvalue weighted by atomic mass is 32.1. The maximum Gasteiger partial charge on any atom is 0.0441 e. The number of rotatable bonds is 3. The average Bonchev–Trinajstić information content (AvgIpc) is 3.82. The van der Waals surface area contributed by atoms with Crippen molar-refractivity contribution in [1.29, 1.82) is 0 Å². The average molecular weight is 719 g/mol. The zero-order valence-electron chi connectivity index (χ0n) is 29.1. The van der Waals surface area contributed by atoms with Gasteiger partial charge in [-0.2, -0.15) is 0 Å². The normalized spacial score (nSPS) is 12.1. The van der Waals surface area contributed by atoms with Gasteiger partial charge in [0, 0.05) is 51.1 Å². The Morgan fingerprint density at radius 1 is 0.259 bits per heavy atom. The van der Waals surface area contributed by atoms with Crippen molar-refractivity contribution in [3.63, 3.8) is 0 Å². The van der Waals surface area contributed by atoms with Crippen molar-refractivity contribution in [2.45, 2.75) is 0 Å². The summed E-state index contributed by atoms with van der Waals surface area (Å²) in [6.07, 6.45) is 0. The Morgan fingerprint density at radius 2 is 0.704 bits per heavy atom. The second kappa shape index (κ2) is 11.6. The quantitative estimate of drug-likeness (QED) is 0.160. The van der Waals surface area contributed by atoms with Gasteiger partial charge in [0.25, 0.3) is 0 Å². The largest absolute Gasteiger partial charge is 0.135 e. The Hall–Kier alpha value is -6.32. The summed E-state index contributed by atoms with van der Waals surface area (Å²) in [5, 5.41) is 15.8. The molecule has 0 spiro atoms. The van der Waals surface area contributed by atoms with E-state index < -0.39 is 0 Å². The molecular weight excluding hydrogens is 689 g/mol. The molecule has 0 radical (unpaired) electrons. The summed E-state index contributed by atoms with van der Waals surface area (Å²) in [6, 6.07) is 67.6. The van der Waals surface area contributed by atoms with Crippen LogP contribution in [0.4, 0.5) is 0 Å². The molecular formula is C52H30S2. The van der Waals surface area contributed by atoms with Gasteiger partial charge in [-0.25, -0.2) is 0 Å². The molecule has 10 aromatic carbocycles. The highest BCUT2D eigenvalue weighted by Gasteiger charge is 2.21. The van der Waals surface area contributed by atoms with Gasteiger partial charge in [0.15, 0.2) is 0 Å². The van der Waals surface area contributed by atoms with Gasteiger partial charge in [0.05, 0.1) is 0 Å². The van der Waals surface area contributed by atoms with Crippen LogP contribution in [0.5, 0.6) is 0 Å². The maximum atomic E-state index is 2.44. The predicted molar refractivity (Wildman–Crippen MR) is 239 cm³/mol. The van der Waals surface area contributed by atoms with Crippen LogP contribution in [-0.4, -0.2) is 0 Å². The first kappa shape index (κ1) is 30.2. The monoisotopic (exact) mass is 718 g/mol. The standard InChI is InChI=1S/C52H30S2/c1-2-14-31(15-3-1)47-36-18-6-8-20-38(36)48(39-21-9-7-19-37(39)47)40-29-28-33(34-16-4-5-17-35(34)40)32-26-27-44-46(30-32)54-52-42-23-11-10-22-41(42)51-49(50(44)52)43-24-12-13-25-45(43)53-51/h1-30H. The molecule has 0 unspecified atom stereocenters. The van der Waals surface area contributed by atoms with Gasteiger partial charge in [0.2, 0.25) is 0 Å². The zero-order valence-corrected chi connectivity index (χ0v) is 30.8. The highest BCUT2D eigenvalue weighted by molar-refractivity contribution is 7.29. The molecule has 0 N–H and O–H groups in total. The Morgan fingerprint density at radius 3 is 1.33 bits per heavy atom. The van der Waals surface area contributed by atoms with Crippen LogP contribution in [0.25, 0.3) is 117 Å². The first-order chi connectivity index (χ1) is 26.8. The molecule has 0 saturated carbocycles. The third-order valence-corrected chi connectivity index (χ3v) is 13.8. The third-order valence-electron chi connectivity index (χ3n) is 11.5. The summed E-state index contributed by atoms with van der Waals surface area (Å²) in [7, 11) is 0. The van der Waals surface area contributed by atoms with Gasteiger partial charge >= 0.3 is 0 Å². The predicted octanol–water partition coefficient (Wildman–Crippen LogP) is 16.0. The van der Waals surface area contributed by atoms with Gasteiger partial charge in [-0.3, -0.25) is 0 Å². The fourth-order valence-electron chi connectivity index (χ4n) is 9.17. The minimum atomic E-state index is 1.24. The van der Waals surface area contributed by atoms with E-state index in [-0.39, 0.29) is 0 Å². The fraction of sp³-hybridized carbons (Fsp3) is 0. The summed E-state index contributed by atoms with van der Waals surface area (Å²) >= 11 is 3.86. The second-order valence-electron chi connectivity index (χ2n) is 14.3. The Bertz CT molecular complexity index is 3430. The lowest BCUT2D eigenvalue weighted by Crippen LogP contribution is -1.92. The first-order valence-corrected chi connectivity index (χ1v) is 20.1. The Labute approximate surface area is 319 Å². The van der Waals surface area contributed by atoms with Crippen molar-refractivity contribution in [1.82, 2.24) is 0 Å². The van der Waals surface area contributed by atoms with E-state index in [2.05, 4.69) is 182 Å². The second-order valence-corrected chi connectivity index (χ2v) is 16.4. The summed E-state index contributed by atoms with van der Waals surface area (Å²) < 4.78 is 5.45. The topological polar surface area (TPSA) is 0 Å². The molecule has 0 nitrogen and oxygen atoms in total. The molecule has 0 aliphatic carbocycles. The van der Waals surface area contributed by atoms with Crippen molar-refractivity contribution < 1.29 is 0 Å². The lowest BCUT2D eigenvalue weighted by atomic mass is 9.84. The molecule has 0 aliphatic rings. The lowest BCUT2D eigenvalue weighted by Gasteiger charge is -2.19. The minimum Gasteiger partial charge on any atom is -0.135 e. The van der Waals surface area contributed by atoms with Gasteiger partial charge in [0.1, 0.15) is 0 Å². The van der Waals surface area contributed by atoms with E-state index in [1.807, 2.05) is 22.7 Å². The summed E-state index contributed by atoms with van der Waals surface area (Å²) in [5.41, 5.74) is 7.61. The van der Waals surface area contributed by atoms with E-state index in [4.69, 9.17) is 0 Å². The van der Waals surface area contributed by atoms with Gasteiger partial charge in [-0.15, -0.1) is 22.7 Å². The van der Waals surface area contributed by atoms with E-state index >= 15 is 0 Å². The highest BCUT2D eigenvalue weighted by Crippen LogP contribution is 2.51. The zero-order chi connectivity index (χ0) is 35.3. The van der Waals surface area contributed by atoms with E-state index in [0.29, 0.717) is 0 Å². The fourth-order valence-corrected chi connectivity index (χ4v) is 11.7. The van der Waals surface area contributed by atoms with Crippen molar-refractivity contribution in [2.75, 3.05) is 0 Å². The van der Waals surface area contributed by atoms with E-state index in [0.717, 1.165) is 0 Å². The molecule has 2 heteroatoms. The molecule has 0 bridgehead atoms. The molecule has 2 heterocycles. The van der Waals surface area contributed by atoms with Crippen LogP contribution < -0.4 is 0 Å². The number of hydrogen-bond acceptors (Lipinski definition) is 2. The van der Waals surface area contributed by atoms with E-state index in [1.54, 1.807) is 0 Å². The molecule has 2 aromatic heterocycles. The van der Waals surface area contributed by atoms with Crippen LogP contribution in [0, 0.1) is 0 Å². The summed E-state index contributed by atoms with van der Waals surface area (Å²) in [5.74, 6) is 0. The molecule has 12 rings (SSSR count). The van der Waals surface area contributed by atoms with Crippen molar-refractivity contribution in [3.8, 4) is 33.4 Å². The molecule has 54 heavy (non-hydrogen) atoms. The SMILES string of the molecule is c1ccc(-c2c3ccccc3c(-c3ccc(-c4ccc5c(c4)sc4c6ccccc6c6sc7ccccc7c6c54)c4ccccc34)c3ccccc23)cc1. The number of benzene rings is 10. The molecule has 0 fully saturated rings. The molecule has 0 aliphatic heterocycles. The van der Waals surface area contributed by atoms with Crippen molar-refractivity contribution in [3.05, 3.63) is 182 Å². The number of fused-ring (bicyclic) bond motifs is 13. The number of thiophene rings is 2. The molecule has 0 amide bonds. The van der Waals surface area contributed by atoms with Crippen LogP contribution in [0.15, 0.2) is 182 Å². The molecule has 0 atom stereocenters. The van der Waals surface area contributed by atoms with Gasteiger partial charge in [-0.05, 0) is 77.8 Å². The number of hydrogen-bond donors (Lipinski definition) is 0. The Balaban J connectivity index is 1.11. The van der Waals surface area contributed by atoms with Crippen molar-refractivity contribution >= 4 is 106 Å². The van der Waals surface area contributed by atoms with Crippen LogP contribution in [0.3, 0.4) is 0 Å². The smallest absolute Gasteiger partial charge is 0.0441 e. The summed E-state index contributed by atoms with van der Waals surface area (Å²) in [6.45, 7) is 0. The van der Waals surface area contributed by atoms with E-state index in [1.165, 1.54) is 117 Å². The molecule has 0 saturated heterocycles. The molecule has 250 valence electrons. The van der Waals surface area contributed by atoms with Gasteiger partial charge in [-0.1, -0.05) is 170 Å². The van der Waals surface area contributed by atoms with E-state index in [9.17, 15) is 0 Å². The summed E-state index contributed by atoms with van der Waals surface area (Å²) in [4.78, 5) is 0. The first-order valence-electron chi connectivity index (χ1n) is 18.5. The van der Waals surface area contributed by atoms with Crippen LogP contribution in [0.2, 0.25) is 0 Å². The van der Waals surface area contributed by atoms with Crippen LogP contribution >= 0.6 is 22.7 Å². The Kier molecular flexibility index (Phi) is 6.48. The van der Waals surface area contributed by atoms with Gasteiger partial charge < -0.3 is 0 Å². The maximum absolute atomic E-state index is 2.44. The van der Waals surface area contributed by atoms with Crippen LogP contribution in [0.1, 0.15) is 0 Å². The van der Waals surface area contributed by atoms with Crippen molar-refractivity contribution in [2.24, 2.45) is 0 Å². The molecule has 12 aromatic rings. The minimum absolute atomic E-state index is 1.24.